The van der Waals surface area contributed by atoms with Crippen molar-refractivity contribution in [3.05, 3.63) is 0 Å². The Morgan fingerprint density at radius 3 is 2.00 bits per heavy atom. The van der Waals surface area contributed by atoms with Gasteiger partial charge in [-0.25, -0.2) is 0 Å². The summed E-state index contributed by atoms with van der Waals surface area (Å²) in [5, 5.41) is 0.684. The molecule has 0 aromatic rings. The fourth-order valence-corrected chi connectivity index (χ4v) is 1.48. The molecule has 0 aliphatic heterocycles. The summed E-state index contributed by atoms with van der Waals surface area (Å²) in [4.78, 5) is 0. The van der Waals surface area contributed by atoms with Crippen LogP contribution < -0.4 is 0 Å². The fourth-order valence-electron chi connectivity index (χ4n) is 0.598. The molecule has 10 heteroatoms. The van der Waals surface area contributed by atoms with Crippen molar-refractivity contribution >= 4 is 20.5 Å². The molecule has 0 atom stereocenters. The third-order valence-electron chi connectivity index (χ3n) is 1.15. The van der Waals surface area contributed by atoms with Crippen molar-refractivity contribution in [3.63, 3.8) is 0 Å². The van der Waals surface area contributed by atoms with Crippen molar-refractivity contribution in [2.24, 2.45) is 0 Å². The van der Waals surface area contributed by atoms with Gasteiger partial charge in [-0.15, -0.1) is 0 Å². The number of nitrogens with zero attached hydrogens (tertiary/aromatic N) is 1. The summed E-state index contributed by atoms with van der Waals surface area (Å²) in [6.45, 7) is 1.15. The minimum absolute atomic E-state index is 0.0370. The molecule has 0 aromatic carbocycles. The van der Waals surface area contributed by atoms with Crippen molar-refractivity contribution < 1.29 is 30.2 Å². The topological polar surface area (TPSA) is 121 Å². The molecular weight excluding hydrogens is 238 g/mol. The third kappa shape index (κ3) is 8.34. The Labute approximate surface area is 82.1 Å². The zero-order valence-corrected chi connectivity index (χ0v) is 8.95. The van der Waals surface area contributed by atoms with Crippen LogP contribution in [0.3, 0.4) is 0 Å². The minimum Gasteiger partial charge on any atom is -0.286 e. The molecule has 14 heavy (non-hydrogen) atoms. The second-order valence-corrected chi connectivity index (χ2v) is 4.89. The van der Waals surface area contributed by atoms with E-state index in [0.717, 1.165) is 0 Å². The van der Waals surface area contributed by atoms with Crippen molar-refractivity contribution in [2.75, 3.05) is 18.8 Å². The lowest BCUT2D eigenvalue weighted by atomic mass is 10.6. The van der Waals surface area contributed by atoms with E-state index >= 15 is 0 Å². The van der Waals surface area contributed by atoms with Crippen LogP contribution in [0.4, 0.5) is 0 Å². The van der Waals surface area contributed by atoms with Gasteiger partial charge in [0, 0.05) is 13.1 Å². The molecule has 0 saturated heterocycles. The van der Waals surface area contributed by atoms with Gasteiger partial charge in [-0.3, -0.25) is 9.11 Å². The highest BCUT2D eigenvalue weighted by atomic mass is 32.3. The van der Waals surface area contributed by atoms with Gasteiger partial charge in [0.25, 0.3) is 10.1 Å². The van der Waals surface area contributed by atoms with Gasteiger partial charge in [0.2, 0.25) is 0 Å². The van der Waals surface area contributed by atoms with Crippen LogP contribution in [0.2, 0.25) is 0 Å². The number of hydroxylamine groups is 2. The first-order chi connectivity index (χ1) is 6.14. The Hall–Kier alpha value is -0.260. The van der Waals surface area contributed by atoms with Crippen LogP contribution in [-0.4, -0.2) is 49.8 Å². The van der Waals surface area contributed by atoms with Crippen molar-refractivity contribution in [1.29, 1.82) is 0 Å². The standard InChI is InChI=1S/C4H11NO7S2/c1-2-5(12-14(9,10)11)3-4-13(6,7)8/h2-4H2,1H3,(H,6,7,8)(H,9,10,11). The predicted octanol–water partition coefficient (Wildman–Crippen LogP) is -1.07. The van der Waals surface area contributed by atoms with Gasteiger partial charge in [-0.05, 0) is 0 Å². The van der Waals surface area contributed by atoms with Crippen LogP contribution in [0.1, 0.15) is 6.92 Å². The lowest BCUT2D eigenvalue weighted by Crippen LogP contribution is -2.31. The molecule has 0 aliphatic carbocycles. The molecule has 0 bridgehead atoms. The van der Waals surface area contributed by atoms with Gasteiger partial charge >= 0.3 is 10.4 Å². The summed E-state index contributed by atoms with van der Waals surface area (Å²) < 4.78 is 61.5. The van der Waals surface area contributed by atoms with Crippen molar-refractivity contribution in [2.45, 2.75) is 6.92 Å². The van der Waals surface area contributed by atoms with Crippen molar-refractivity contribution in [3.8, 4) is 0 Å². The predicted molar refractivity (Wildman–Crippen MR) is 46.3 cm³/mol. The maximum Gasteiger partial charge on any atom is 0.413 e. The van der Waals surface area contributed by atoms with Crippen LogP contribution in [0, 0.1) is 0 Å². The summed E-state index contributed by atoms with van der Waals surface area (Å²) in [6, 6.07) is 0. The molecule has 0 heterocycles. The summed E-state index contributed by atoms with van der Waals surface area (Å²) in [5.41, 5.74) is 0. The van der Waals surface area contributed by atoms with E-state index in [1.54, 1.807) is 0 Å². The summed E-state index contributed by atoms with van der Waals surface area (Å²) in [7, 11) is -8.84. The fraction of sp³-hybridized carbons (Fsp3) is 1.00. The molecule has 0 saturated carbocycles. The van der Waals surface area contributed by atoms with Crippen LogP contribution in [0.5, 0.6) is 0 Å². The van der Waals surface area contributed by atoms with Gasteiger partial charge in [0.05, 0.1) is 5.75 Å². The molecule has 0 fully saturated rings. The van der Waals surface area contributed by atoms with E-state index in [9.17, 15) is 16.8 Å². The summed E-state index contributed by atoms with van der Waals surface area (Å²) in [6.07, 6.45) is 0. The van der Waals surface area contributed by atoms with Crippen LogP contribution >= 0.6 is 0 Å². The number of hydrogen-bond acceptors (Lipinski definition) is 6. The normalized spacial score (nSPS) is 13.4. The SMILES string of the molecule is CCN(CCS(=O)(=O)O)OS(=O)(=O)O. The monoisotopic (exact) mass is 249 g/mol. The van der Waals surface area contributed by atoms with Gasteiger partial charge < -0.3 is 0 Å². The van der Waals surface area contributed by atoms with Crippen molar-refractivity contribution in [1.82, 2.24) is 5.06 Å². The van der Waals surface area contributed by atoms with Crippen LogP contribution in [-0.2, 0) is 24.8 Å². The average molecular weight is 249 g/mol. The zero-order chi connectivity index (χ0) is 11.4. The lowest BCUT2D eigenvalue weighted by Gasteiger charge is -2.15. The summed E-state index contributed by atoms with van der Waals surface area (Å²) >= 11 is 0. The van der Waals surface area contributed by atoms with Gasteiger partial charge in [-0.2, -0.15) is 26.2 Å². The molecule has 0 radical (unpaired) electrons. The van der Waals surface area contributed by atoms with E-state index in [-0.39, 0.29) is 13.1 Å². The number of rotatable bonds is 6. The highest BCUT2D eigenvalue weighted by molar-refractivity contribution is 7.85. The van der Waals surface area contributed by atoms with Gasteiger partial charge in [-0.1, -0.05) is 6.92 Å². The Kier molecular flexibility index (Phi) is 4.91. The van der Waals surface area contributed by atoms with E-state index in [1.807, 2.05) is 0 Å². The molecule has 0 rings (SSSR count). The summed E-state index contributed by atoms with van der Waals surface area (Å²) in [5.74, 6) is -0.684. The molecule has 8 nitrogen and oxygen atoms in total. The van der Waals surface area contributed by atoms with E-state index in [4.69, 9.17) is 9.11 Å². The Morgan fingerprint density at radius 1 is 1.21 bits per heavy atom. The minimum atomic E-state index is -4.65. The lowest BCUT2D eigenvalue weighted by molar-refractivity contribution is -0.0511. The van der Waals surface area contributed by atoms with Crippen LogP contribution in [0.15, 0.2) is 0 Å². The highest BCUT2D eigenvalue weighted by Crippen LogP contribution is 1.96. The molecule has 0 aliphatic rings. The Balaban J connectivity index is 4.19. The Bertz CT molecular complexity index is 357. The first-order valence-electron chi connectivity index (χ1n) is 3.51. The second-order valence-electron chi connectivity index (χ2n) is 2.31. The average Bonchev–Trinajstić information content (AvgIpc) is 1.94. The van der Waals surface area contributed by atoms with Crippen LogP contribution in [0.25, 0.3) is 0 Å². The first-order valence-corrected chi connectivity index (χ1v) is 6.48. The quantitative estimate of drug-likeness (QED) is 0.451. The molecule has 0 amide bonds. The van der Waals surface area contributed by atoms with Gasteiger partial charge in [0.15, 0.2) is 0 Å². The zero-order valence-electron chi connectivity index (χ0n) is 7.32. The van der Waals surface area contributed by atoms with E-state index in [1.165, 1.54) is 6.92 Å². The molecule has 0 aromatic heterocycles. The Morgan fingerprint density at radius 2 is 1.71 bits per heavy atom. The molecule has 0 spiro atoms. The number of hydrogen-bond donors (Lipinski definition) is 2. The first kappa shape index (κ1) is 13.7. The van der Waals surface area contributed by atoms with E-state index in [0.29, 0.717) is 5.06 Å². The molecule has 2 N–H and O–H groups in total. The largest absolute Gasteiger partial charge is 0.413 e. The molecular formula is C4H11NO7S2. The third-order valence-corrected chi connectivity index (χ3v) is 2.25. The second kappa shape index (κ2) is 5.00. The highest BCUT2D eigenvalue weighted by Gasteiger charge is 2.15. The molecule has 86 valence electrons. The van der Waals surface area contributed by atoms with E-state index < -0.39 is 26.3 Å². The molecule has 0 unspecified atom stereocenters. The van der Waals surface area contributed by atoms with E-state index in [2.05, 4.69) is 4.28 Å². The maximum absolute atomic E-state index is 10.3. The van der Waals surface area contributed by atoms with Gasteiger partial charge in [0.1, 0.15) is 0 Å². The smallest absolute Gasteiger partial charge is 0.286 e. The maximum atomic E-state index is 10.3.